The molecule has 0 radical (unpaired) electrons. The summed E-state index contributed by atoms with van der Waals surface area (Å²) in [4.78, 5) is 11.6. The summed E-state index contributed by atoms with van der Waals surface area (Å²) in [6, 6.07) is 6.03. The summed E-state index contributed by atoms with van der Waals surface area (Å²) in [5.41, 5.74) is -0.0754. The maximum atomic E-state index is 11.6. The molecule has 0 heterocycles. The summed E-state index contributed by atoms with van der Waals surface area (Å²) in [5.74, 6) is -0.137. The van der Waals surface area contributed by atoms with Gasteiger partial charge >= 0.3 is 6.09 Å². The highest BCUT2D eigenvalue weighted by Gasteiger charge is 2.17. The molecule has 3 N–H and O–H groups in total. The Bertz CT molecular complexity index is 529. The third-order valence-corrected chi connectivity index (χ3v) is 2.32. The molecule has 0 fully saturated rings. The Morgan fingerprint density at radius 2 is 2.15 bits per heavy atom. The fourth-order valence-electron chi connectivity index (χ4n) is 1.52. The Kier molecular flexibility index (Phi) is 4.94. The van der Waals surface area contributed by atoms with Crippen LogP contribution in [-0.4, -0.2) is 21.9 Å². The Morgan fingerprint density at radius 1 is 1.50 bits per heavy atom. The van der Waals surface area contributed by atoms with Gasteiger partial charge in [0.2, 0.25) is 0 Å². The quantitative estimate of drug-likeness (QED) is 0.738. The first-order chi connectivity index (χ1) is 9.23. The predicted molar refractivity (Wildman–Crippen MR) is 73.2 cm³/mol. The molecule has 0 aliphatic rings. The van der Waals surface area contributed by atoms with Crippen molar-refractivity contribution in [2.75, 3.05) is 5.32 Å². The van der Waals surface area contributed by atoms with Crippen molar-refractivity contribution in [2.45, 2.75) is 38.9 Å². The molecule has 1 rings (SSSR count). The van der Waals surface area contributed by atoms with Gasteiger partial charge < -0.3 is 14.9 Å². The molecule has 6 heteroatoms. The third kappa shape index (κ3) is 4.78. The van der Waals surface area contributed by atoms with Crippen LogP contribution in [0.25, 0.3) is 0 Å². The number of hydrogen-bond donors (Lipinski definition) is 3. The van der Waals surface area contributed by atoms with Crippen molar-refractivity contribution < 1.29 is 19.7 Å². The van der Waals surface area contributed by atoms with Crippen LogP contribution in [0.2, 0.25) is 0 Å². The molecule has 6 nitrogen and oxygen atoms in total. The molecule has 1 atom stereocenters. The number of nitriles is 1. The maximum absolute atomic E-state index is 11.6. The van der Waals surface area contributed by atoms with Crippen LogP contribution < -0.4 is 5.32 Å². The van der Waals surface area contributed by atoms with E-state index in [1.54, 1.807) is 20.8 Å². The number of phenols is 1. The molecule has 0 bridgehead atoms. The fourth-order valence-corrected chi connectivity index (χ4v) is 1.52. The number of nitrogens with one attached hydrogen (secondary N) is 1. The molecular formula is C14H18N2O4. The molecule has 0 aliphatic heterocycles. The van der Waals surface area contributed by atoms with E-state index in [4.69, 9.17) is 10.00 Å². The Morgan fingerprint density at radius 3 is 2.70 bits per heavy atom. The van der Waals surface area contributed by atoms with Crippen molar-refractivity contribution in [3.63, 3.8) is 0 Å². The maximum Gasteiger partial charge on any atom is 0.412 e. The zero-order valence-electron chi connectivity index (χ0n) is 11.7. The number of anilines is 1. The number of amides is 1. The van der Waals surface area contributed by atoms with Gasteiger partial charge in [0, 0.05) is 11.3 Å². The average molecular weight is 278 g/mol. The number of aliphatic hydroxyl groups is 1. The van der Waals surface area contributed by atoms with Gasteiger partial charge in [0.25, 0.3) is 0 Å². The third-order valence-electron chi connectivity index (χ3n) is 2.32. The SMILES string of the molecule is CC(C)(C)OC(=O)Nc1ccc(O)c(C(O)CC#N)c1. The zero-order valence-corrected chi connectivity index (χ0v) is 11.7. The lowest BCUT2D eigenvalue weighted by Gasteiger charge is -2.20. The second kappa shape index (κ2) is 6.26. The Labute approximate surface area is 117 Å². The molecule has 1 aromatic rings. The summed E-state index contributed by atoms with van der Waals surface area (Å²) < 4.78 is 5.09. The summed E-state index contributed by atoms with van der Waals surface area (Å²) in [6.07, 6.45) is -1.90. The number of aromatic hydroxyl groups is 1. The minimum absolute atomic E-state index is 0.137. The minimum Gasteiger partial charge on any atom is -0.508 e. The van der Waals surface area contributed by atoms with Crippen LogP contribution in [0.3, 0.4) is 0 Å². The van der Waals surface area contributed by atoms with E-state index in [1.165, 1.54) is 18.2 Å². The van der Waals surface area contributed by atoms with E-state index in [2.05, 4.69) is 5.32 Å². The van der Waals surface area contributed by atoms with Gasteiger partial charge in [0.15, 0.2) is 0 Å². The van der Waals surface area contributed by atoms with E-state index in [9.17, 15) is 15.0 Å². The van der Waals surface area contributed by atoms with E-state index in [0.29, 0.717) is 5.69 Å². The van der Waals surface area contributed by atoms with E-state index >= 15 is 0 Å². The first-order valence-electron chi connectivity index (χ1n) is 6.11. The number of carbonyl (C=O) groups is 1. The van der Waals surface area contributed by atoms with E-state index in [-0.39, 0.29) is 17.7 Å². The number of carbonyl (C=O) groups excluding carboxylic acids is 1. The highest BCUT2D eigenvalue weighted by molar-refractivity contribution is 5.85. The lowest BCUT2D eigenvalue weighted by Crippen LogP contribution is -2.27. The van der Waals surface area contributed by atoms with E-state index in [0.717, 1.165) is 0 Å². The largest absolute Gasteiger partial charge is 0.508 e. The van der Waals surface area contributed by atoms with Crippen LogP contribution in [0.15, 0.2) is 18.2 Å². The van der Waals surface area contributed by atoms with Gasteiger partial charge in [-0.2, -0.15) is 5.26 Å². The first-order valence-corrected chi connectivity index (χ1v) is 6.11. The number of benzene rings is 1. The van der Waals surface area contributed by atoms with Crippen LogP contribution in [0.5, 0.6) is 5.75 Å². The molecule has 0 aromatic heterocycles. The topological polar surface area (TPSA) is 103 Å². The molecular weight excluding hydrogens is 260 g/mol. The molecule has 0 saturated heterocycles. The molecule has 108 valence electrons. The second-order valence-corrected chi connectivity index (χ2v) is 5.28. The molecule has 0 saturated carbocycles. The molecule has 0 aliphatic carbocycles. The minimum atomic E-state index is -1.11. The molecule has 20 heavy (non-hydrogen) atoms. The number of hydrogen-bond acceptors (Lipinski definition) is 5. The lowest BCUT2D eigenvalue weighted by atomic mass is 10.1. The average Bonchev–Trinajstić information content (AvgIpc) is 2.29. The van der Waals surface area contributed by atoms with Crippen molar-refractivity contribution in [2.24, 2.45) is 0 Å². The molecule has 0 spiro atoms. The van der Waals surface area contributed by atoms with Crippen LogP contribution in [0, 0.1) is 11.3 Å². The predicted octanol–water partition coefficient (Wildman–Crippen LogP) is 2.69. The number of ether oxygens (including phenoxy) is 1. The number of rotatable bonds is 3. The number of phenolic OH excluding ortho intramolecular Hbond substituents is 1. The second-order valence-electron chi connectivity index (χ2n) is 5.28. The van der Waals surface area contributed by atoms with Crippen molar-refractivity contribution in [1.82, 2.24) is 0 Å². The molecule has 1 unspecified atom stereocenters. The Hall–Kier alpha value is -2.26. The number of nitrogens with zero attached hydrogens (tertiary/aromatic N) is 1. The van der Waals surface area contributed by atoms with Crippen molar-refractivity contribution in [3.8, 4) is 11.8 Å². The zero-order chi connectivity index (χ0) is 15.3. The summed E-state index contributed by atoms with van der Waals surface area (Å²) in [5, 5.41) is 30.4. The van der Waals surface area contributed by atoms with Gasteiger partial charge in [0.05, 0.1) is 18.6 Å². The highest BCUT2D eigenvalue weighted by Crippen LogP contribution is 2.29. The fraction of sp³-hybridized carbons (Fsp3) is 0.429. The lowest BCUT2D eigenvalue weighted by molar-refractivity contribution is 0.0635. The summed E-state index contributed by atoms with van der Waals surface area (Å²) >= 11 is 0. The van der Waals surface area contributed by atoms with Gasteiger partial charge in [-0.05, 0) is 39.0 Å². The van der Waals surface area contributed by atoms with Crippen LogP contribution in [0.1, 0.15) is 38.9 Å². The van der Waals surface area contributed by atoms with Crippen LogP contribution in [-0.2, 0) is 4.74 Å². The monoisotopic (exact) mass is 278 g/mol. The summed E-state index contributed by atoms with van der Waals surface area (Å²) in [7, 11) is 0. The van der Waals surface area contributed by atoms with Crippen molar-refractivity contribution in [1.29, 1.82) is 5.26 Å². The summed E-state index contributed by atoms with van der Waals surface area (Å²) in [6.45, 7) is 5.22. The van der Waals surface area contributed by atoms with Gasteiger partial charge in [0.1, 0.15) is 11.4 Å². The molecule has 1 aromatic carbocycles. The normalized spacial score (nSPS) is 12.3. The van der Waals surface area contributed by atoms with E-state index < -0.39 is 17.8 Å². The first kappa shape index (κ1) is 15.8. The van der Waals surface area contributed by atoms with Gasteiger partial charge in [-0.3, -0.25) is 5.32 Å². The van der Waals surface area contributed by atoms with Crippen LogP contribution in [0.4, 0.5) is 10.5 Å². The van der Waals surface area contributed by atoms with Gasteiger partial charge in [-0.1, -0.05) is 0 Å². The smallest absolute Gasteiger partial charge is 0.412 e. The molecule has 1 amide bonds. The number of aliphatic hydroxyl groups excluding tert-OH is 1. The standard InChI is InChI=1S/C14H18N2O4/c1-14(2,3)20-13(19)16-9-4-5-11(17)10(8-9)12(18)6-7-15/h4-5,8,12,17-18H,6H2,1-3H3,(H,16,19). The Balaban J connectivity index is 2.85. The van der Waals surface area contributed by atoms with Gasteiger partial charge in [-0.25, -0.2) is 4.79 Å². The van der Waals surface area contributed by atoms with Crippen LogP contribution >= 0.6 is 0 Å². The van der Waals surface area contributed by atoms with Crippen molar-refractivity contribution >= 4 is 11.8 Å². The highest BCUT2D eigenvalue weighted by atomic mass is 16.6. The van der Waals surface area contributed by atoms with E-state index in [1.807, 2.05) is 6.07 Å². The van der Waals surface area contributed by atoms with Gasteiger partial charge in [-0.15, -0.1) is 0 Å². The van der Waals surface area contributed by atoms with Crippen molar-refractivity contribution in [3.05, 3.63) is 23.8 Å².